The fourth-order valence-corrected chi connectivity index (χ4v) is 1.90. The van der Waals surface area contributed by atoms with Crippen LogP contribution < -0.4 is 0 Å². The van der Waals surface area contributed by atoms with E-state index in [1.165, 1.54) is 0 Å². The molecule has 0 saturated carbocycles. The minimum Gasteiger partial charge on any atom is -0.481 e. The molecule has 120 valence electrons. The number of carboxylic acids is 2. The SMILES string of the molecule is O=C(O)C1C2C=CC(O2)C1C(=O)O.O=S(=O)(O)C(F)(F)F. The zero-order valence-electron chi connectivity index (χ0n) is 9.89. The Morgan fingerprint density at radius 2 is 1.29 bits per heavy atom. The van der Waals surface area contributed by atoms with Gasteiger partial charge in [0.2, 0.25) is 0 Å². The molecule has 12 heteroatoms. The van der Waals surface area contributed by atoms with Crippen LogP contribution in [0.3, 0.4) is 0 Å². The first-order valence-corrected chi connectivity index (χ1v) is 6.63. The van der Waals surface area contributed by atoms with E-state index in [0.29, 0.717) is 0 Å². The van der Waals surface area contributed by atoms with Crippen molar-refractivity contribution in [1.29, 1.82) is 0 Å². The molecule has 3 N–H and O–H groups in total. The molecule has 21 heavy (non-hydrogen) atoms. The molecule has 2 bridgehead atoms. The van der Waals surface area contributed by atoms with E-state index in [2.05, 4.69) is 0 Å². The van der Waals surface area contributed by atoms with E-state index in [9.17, 15) is 22.8 Å². The highest BCUT2D eigenvalue weighted by molar-refractivity contribution is 7.86. The first-order chi connectivity index (χ1) is 9.36. The number of aliphatic carboxylic acids is 2. The summed E-state index contributed by atoms with van der Waals surface area (Å²) in [6, 6.07) is 0. The Hall–Kier alpha value is -1.66. The van der Waals surface area contributed by atoms with Gasteiger partial charge >= 0.3 is 27.6 Å². The van der Waals surface area contributed by atoms with Crippen LogP contribution >= 0.6 is 0 Å². The van der Waals surface area contributed by atoms with Gasteiger partial charge < -0.3 is 14.9 Å². The van der Waals surface area contributed by atoms with Gasteiger partial charge in [-0.25, -0.2) is 0 Å². The molecule has 0 aromatic carbocycles. The van der Waals surface area contributed by atoms with E-state index in [4.69, 9.17) is 27.9 Å². The molecular formula is C9H9F3O8S. The highest BCUT2D eigenvalue weighted by Gasteiger charge is 2.53. The molecule has 0 amide bonds. The van der Waals surface area contributed by atoms with Crippen LogP contribution in [-0.2, 0) is 24.4 Å². The third-order valence-corrected chi connectivity index (χ3v) is 3.35. The monoisotopic (exact) mass is 334 g/mol. The summed E-state index contributed by atoms with van der Waals surface area (Å²) in [5, 5.41) is 17.6. The number of carboxylic acid groups (broad SMARTS) is 2. The van der Waals surface area contributed by atoms with Crippen LogP contribution in [0.4, 0.5) is 13.2 Å². The van der Waals surface area contributed by atoms with E-state index in [-0.39, 0.29) is 0 Å². The van der Waals surface area contributed by atoms with Crippen molar-refractivity contribution in [3.05, 3.63) is 12.2 Å². The summed E-state index contributed by atoms with van der Waals surface area (Å²) < 4.78 is 62.7. The van der Waals surface area contributed by atoms with Gasteiger partial charge in [0.05, 0.1) is 12.2 Å². The molecule has 0 aromatic heterocycles. The highest BCUT2D eigenvalue weighted by Crippen LogP contribution is 2.39. The topological polar surface area (TPSA) is 138 Å². The molecule has 2 rings (SSSR count). The Kier molecular flexibility index (Phi) is 4.65. The molecule has 1 saturated heterocycles. The van der Waals surface area contributed by atoms with E-state index in [1.807, 2.05) is 0 Å². The van der Waals surface area contributed by atoms with Crippen molar-refractivity contribution in [2.75, 3.05) is 0 Å². The second-order valence-electron chi connectivity index (χ2n) is 4.10. The van der Waals surface area contributed by atoms with Gasteiger partial charge in [0.1, 0.15) is 11.8 Å². The van der Waals surface area contributed by atoms with Gasteiger partial charge in [-0.15, -0.1) is 0 Å². The van der Waals surface area contributed by atoms with Crippen LogP contribution in [0.25, 0.3) is 0 Å². The minimum absolute atomic E-state index is 0.566. The Balaban J connectivity index is 0.000000240. The summed E-state index contributed by atoms with van der Waals surface area (Å²) in [4.78, 5) is 21.5. The molecule has 0 aliphatic carbocycles. The van der Waals surface area contributed by atoms with Crippen molar-refractivity contribution in [3.63, 3.8) is 0 Å². The maximum atomic E-state index is 10.7. The highest BCUT2D eigenvalue weighted by atomic mass is 32.2. The lowest BCUT2D eigenvalue weighted by molar-refractivity contribution is -0.152. The molecule has 2 aliphatic rings. The third kappa shape index (κ3) is 3.71. The molecule has 2 aliphatic heterocycles. The Morgan fingerprint density at radius 1 is 1.00 bits per heavy atom. The van der Waals surface area contributed by atoms with Crippen LogP contribution in [0.2, 0.25) is 0 Å². The van der Waals surface area contributed by atoms with Gasteiger partial charge in [-0.1, -0.05) is 12.2 Å². The van der Waals surface area contributed by atoms with Gasteiger partial charge in [-0.05, 0) is 0 Å². The van der Waals surface area contributed by atoms with E-state index < -0.39 is 51.6 Å². The summed E-state index contributed by atoms with van der Waals surface area (Å²) in [6.45, 7) is 0. The number of ether oxygens (including phenoxy) is 1. The van der Waals surface area contributed by atoms with Crippen molar-refractivity contribution < 1.29 is 50.7 Å². The molecule has 0 radical (unpaired) electrons. The van der Waals surface area contributed by atoms with Crippen molar-refractivity contribution in [3.8, 4) is 0 Å². The summed E-state index contributed by atoms with van der Waals surface area (Å²) in [5.41, 5.74) is -5.53. The van der Waals surface area contributed by atoms with Crippen molar-refractivity contribution in [2.24, 2.45) is 11.8 Å². The summed E-state index contributed by atoms with van der Waals surface area (Å²) in [7, 11) is -5.84. The Bertz CT molecular complexity index is 538. The van der Waals surface area contributed by atoms with Gasteiger partial charge in [-0.3, -0.25) is 14.1 Å². The standard InChI is InChI=1S/C8H8O5.CHF3O3S/c9-7(10)5-3-1-2-4(13-3)6(5)8(11)12;2-1(3,4)8(5,6)7/h1-6H,(H,9,10)(H,11,12);(H,5,6,7). The van der Waals surface area contributed by atoms with E-state index in [0.717, 1.165) is 0 Å². The fourth-order valence-electron chi connectivity index (χ4n) is 1.90. The maximum absolute atomic E-state index is 10.7. The predicted molar refractivity (Wildman–Crippen MR) is 57.7 cm³/mol. The fraction of sp³-hybridized carbons (Fsp3) is 0.556. The number of alkyl halides is 3. The third-order valence-electron chi connectivity index (χ3n) is 2.76. The first kappa shape index (κ1) is 17.4. The van der Waals surface area contributed by atoms with Crippen molar-refractivity contribution >= 4 is 22.1 Å². The van der Waals surface area contributed by atoms with Crippen molar-refractivity contribution in [1.82, 2.24) is 0 Å². The summed E-state index contributed by atoms with van der Waals surface area (Å²) >= 11 is 0. The maximum Gasteiger partial charge on any atom is 0.522 e. The number of fused-ring (bicyclic) bond motifs is 2. The lowest BCUT2D eigenvalue weighted by atomic mass is 9.83. The van der Waals surface area contributed by atoms with Gasteiger partial charge in [0.15, 0.2) is 0 Å². The van der Waals surface area contributed by atoms with E-state index in [1.54, 1.807) is 12.2 Å². The number of rotatable bonds is 2. The largest absolute Gasteiger partial charge is 0.522 e. The first-order valence-electron chi connectivity index (χ1n) is 5.19. The molecule has 8 nitrogen and oxygen atoms in total. The normalized spacial score (nSPS) is 30.7. The lowest BCUT2D eigenvalue weighted by Crippen LogP contribution is -2.36. The number of hydrogen-bond acceptors (Lipinski definition) is 5. The molecular weight excluding hydrogens is 325 g/mol. The van der Waals surface area contributed by atoms with Crippen LogP contribution in [0.5, 0.6) is 0 Å². The quantitative estimate of drug-likeness (QED) is 0.368. The molecule has 1 fully saturated rings. The average molecular weight is 334 g/mol. The molecule has 4 unspecified atom stereocenters. The number of hydrogen-bond donors (Lipinski definition) is 3. The van der Waals surface area contributed by atoms with Gasteiger partial charge in [0, 0.05) is 0 Å². The Labute approximate surface area is 115 Å². The average Bonchev–Trinajstić information content (AvgIpc) is 2.85. The lowest BCUT2D eigenvalue weighted by Gasteiger charge is -2.16. The van der Waals surface area contributed by atoms with Crippen LogP contribution in [0.1, 0.15) is 0 Å². The summed E-state index contributed by atoms with van der Waals surface area (Å²) in [5.74, 6) is -4.09. The zero-order chi connectivity index (χ0) is 16.6. The smallest absolute Gasteiger partial charge is 0.481 e. The zero-order valence-corrected chi connectivity index (χ0v) is 10.7. The second kappa shape index (κ2) is 5.61. The molecule has 0 spiro atoms. The predicted octanol–water partition coefficient (Wildman–Crippen LogP) is 0.119. The summed E-state index contributed by atoms with van der Waals surface area (Å²) in [6.07, 6.45) is 2.10. The van der Waals surface area contributed by atoms with Crippen LogP contribution in [0.15, 0.2) is 12.2 Å². The van der Waals surface area contributed by atoms with Gasteiger partial charge in [0.25, 0.3) is 0 Å². The van der Waals surface area contributed by atoms with Crippen LogP contribution in [0, 0.1) is 11.8 Å². The van der Waals surface area contributed by atoms with Crippen LogP contribution in [-0.4, -0.2) is 52.8 Å². The van der Waals surface area contributed by atoms with E-state index >= 15 is 0 Å². The van der Waals surface area contributed by atoms with Crippen molar-refractivity contribution in [2.45, 2.75) is 17.7 Å². The molecule has 4 atom stereocenters. The Morgan fingerprint density at radius 3 is 1.48 bits per heavy atom. The number of halogens is 3. The molecule has 0 aromatic rings. The number of carbonyl (C=O) groups is 2. The van der Waals surface area contributed by atoms with Gasteiger partial charge in [-0.2, -0.15) is 21.6 Å². The molecule has 2 heterocycles. The minimum atomic E-state index is -5.84. The second-order valence-corrected chi connectivity index (χ2v) is 5.51.